The zero-order valence-electron chi connectivity index (χ0n) is 13.1. The number of aliphatic carboxylic acids is 1. The molecule has 0 aromatic heterocycles. The van der Waals surface area contributed by atoms with E-state index in [9.17, 15) is 9.90 Å². The van der Waals surface area contributed by atoms with Crippen LogP contribution in [-0.4, -0.2) is 36.4 Å². The molecule has 0 aromatic carbocycles. The number of rotatable bonds is 13. The molecule has 4 nitrogen and oxygen atoms in total. The quantitative estimate of drug-likeness (QED) is 0.510. The molecule has 20 heavy (non-hydrogen) atoms. The fourth-order valence-electron chi connectivity index (χ4n) is 2.73. The maximum Gasteiger partial charge on any atom is 0.326 e. The second-order valence-electron chi connectivity index (χ2n) is 5.90. The first-order chi connectivity index (χ1) is 9.67. The Hall–Kier alpha value is -0.610. The van der Waals surface area contributed by atoms with Crippen molar-refractivity contribution in [2.75, 3.05) is 19.8 Å². The van der Waals surface area contributed by atoms with E-state index in [0.29, 0.717) is 19.8 Å². The van der Waals surface area contributed by atoms with E-state index in [1.807, 2.05) is 6.92 Å². The van der Waals surface area contributed by atoms with Crippen LogP contribution in [0.2, 0.25) is 0 Å². The highest BCUT2D eigenvalue weighted by Gasteiger charge is 2.51. The van der Waals surface area contributed by atoms with Crippen molar-refractivity contribution in [1.29, 1.82) is 0 Å². The predicted molar refractivity (Wildman–Crippen MR) is 81.0 cm³/mol. The van der Waals surface area contributed by atoms with Crippen LogP contribution in [-0.2, 0) is 9.53 Å². The number of nitrogens with one attached hydrogen (secondary N) is 1. The average Bonchev–Trinajstić information content (AvgIpc) is 3.25. The van der Waals surface area contributed by atoms with E-state index >= 15 is 0 Å². The normalized spacial score (nSPS) is 17.9. The molecule has 1 aliphatic rings. The lowest BCUT2D eigenvalue weighted by atomic mass is 9.94. The molecule has 1 unspecified atom stereocenters. The summed E-state index contributed by atoms with van der Waals surface area (Å²) in [6.07, 6.45) is 9.36. The van der Waals surface area contributed by atoms with Crippen LogP contribution in [0.3, 0.4) is 0 Å². The molecule has 0 amide bonds. The topological polar surface area (TPSA) is 58.6 Å². The largest absolute Gasteiger partial charge is 0.480 e. The third-order valence-corrected chi connectivity index (χ3v) is 4.12. The van der Waals surface area contributed by atoms with Gasteiger partial charge in [-0.1, -0.05) is 46.0 Å². The van der Waals surface area contributed by atoms with Gasteiger partial charge in [-0.05, 0) is 31.7 Å². The van der Waals surface area contributed by atoms with Crippen molar-refractivity contribution in [1.82, 2.24) is 5.32 Å². The van der Waals surface area contributed by atoms with Crippen LogP contribution in [0, 0.1) is 5.92 Å². The Bertz CT molecular complexity index is 279. The van der Waals surface area contributed by atoms with Gasteiger partial charge in [-0.2, -0.15) is 0 Å². The number of ether oxygens (including phenoxy) is 1. The number of likely N-dealkylation sites (N-methyl/N-ethyl adjacent to an activating group) is 1. The predicted octanol–water partition coefficient (Wildman–Crippen LogP) is 3.21. The highest BCUT2D eigenvalue weighted by atomic mass is 16.5. The van der Waals surface area contributed by atoms with E-state index in [2.05, 4.69) is 12.2 Å². The summed E-state index contributed by atoms with van der Waals surface area (Å²) in [4.78, 5) is 11.6. The van der Waals surface area contributed by atoms with Gasteiger partial charge in [0.05, 0.1) is 6.61 Å². The molecule has 0 saturated heterocycles. The van der Waals surface area contributed by atoms with Gasteiger partial charge in [-0.15, -0.1) is 0 Å². The molecule has 4 heteroatoms. The molecule has 2 N–H and O–H groups in total. The molecule has 1 saturated carbocycles. The summed E-state index contributed by atoms with van der Waals surface area (Å²) in [7, 11) is 0. The summed E-state index contributed by atoms with van der Waals surface area (Å²) in [5, 5.41) is 12.7. The fraction of sp³-hybridized carbons (Fsp3) is 0.938. The summed E-state index contributed by atoms with van der Waals surface area (Å²) in [6.45, 7) is 5.82. The van der Waals surface area contributed by atoms with Gasteiger partial charge in [0, 0.05) is 6.61 Å². The van der Waals surface area contributed by atoms with Gasteiger partial charge in [-0.25, -0.2) is 0 Å². The Labute approximate surface area is 123 Å². The van der Waals surface area contributed by atoms with Crippen molar-refractivity contribution in [2.24, 2.45) is 5.92 Å². The van der Waals surface area contributed by atoms with E-state index in [0.717, 1.165) is 19.3 Å². The number of carbonyl (C=O) groups is 1. The third kappa shape index (κ3) is 5.41. The van der Waals surface area contributed by atoms with Crippen LogP contribution in [0.1, 0.15) is 65.2 Å². The minimum Gasteiger partial charge on any atom is -0.480 e. The molecule has 0 heterocycles. The Morgan fingerprint density at radius 3 is 2.40 bits per heavy atom. The van der Waals surface area contributed by atoms with Crippen molar-refractivity contribution >= 4 is 5.97 Å². The van der Waals surface area contributed by atoms with Crippen molar-refractivity contribution in [2.45, 2.75) is 70.8 Å². The Balaban J connectivity index is 2.20. The minimum absolute atomic E-state index is 0.240. The van der Waals surface area contributed by atoms with Gasteiger partial charge in [-0.3, -0.25) is 10.1 Å². The monoisotopic (exact) mass is 285 g/mol. The highest BCUT2D eigenvalue weighted by Crippen LogP contribution is 2.40. The van der Waals surface area contributed by atoms with Crippen molar-refractivity contribution < 1.29 is 14.6 Å². The molecular formula is C16H31NO3. The van der Waals surface area contributed by atoms with Gasteiger partial charge < -0.3 is 9.84 Å². The first-order valence-corrected chi connectivity index (χ1v) is 8.23. The Morgan fingerprint density at radius 1 is 1.20 bits per heavy atom. The summed E-state index contributed by atoms with van der Waals surface area (Å²) >= 11 is 0. The molecule has 0 bridgehead atoms. The number of hydrogen-bond acceptors (Lipinski definition) is 3. The number of carboxylic acids is 1. The van der Waals surface area contributed by atoms with E-state index in [-0.39, 0.29) is 5.92 Å². The number of hydrogen-bond donors (Lipinski definition) is 2. The van der Waals surface area contributed by atoms with Crippen molar-refractivity contribution in [3.05, 3.63) is 0 Å². The molecular weight excluding hydrogens is 254 g/mol. The van der Waals surface area contributed by atoms with Crippen LogP contribution >= 0.6 is 0 Å². The van der Waals surface area contributed by atoms with E-state index in [1.54, 1.807) is 0 Å². The molecule has 1 rings (SSSR count). The SMILES string of the molecule is CCCCCCCCOCC(NCC)(C(=O)O)C1CC1. The van der Waals surface area contributed by atoms with Gasteiger partial charge in [0.15, 0.2) is 0 Å². The van der Waals surface area contributed by atoms with Gasteiger partial charge in [0.25, 0.3) is 0 Å². The summed E-state index contributed by atoms with van der Waals surface area (Å²) in [5.74, 6) is -0.519. The van der Waals surface area contributed by atoms with Crippen LogP contribution in [0.15, 0.2) is 0 Å². The maximum absolute atomic E-state index is 11.6. The Kier molecular flexibility index (Phi) is 8.15. The second kappa shape index (κ2) is 9.35. The smallest absolute Gasteiger partial charge is 0.326 e. The zero-order valence-corrected chi connectivity index (χ0v) is 13.1. The molecule has 0 aromatic rings. The molecule has 0 spiro atoms. The Morgan fingerprint density at radius 2 is 1.85 bits per heavy atom. The molecule has 1 aliphatic carbocycles. The number of unbranched alkanes of at least 4 members (excludes halogenated alkanes) is 5. The number of carboxylic acid groups (broad SMARTS) is 1. The standard InChI is InChI=1S/C16H31NO3/c1-3-5-6-7-8-9-12-20-13-16(15(18)19,17-4-2)14-10-11-14/h14,17H,3-13H2,1-2H3,(H,18,19). The lowest BCUT2D eigenvalue weighted by molar-refractivity contribution is -0.149. The van der Waals surface area contributed by atoms with Gasteiger partial charge in [0.1, 0.15) is 5.54 Å². The van der Waals surface area contributed by atoms with Crippen LogP contribution < -0.4 is 5.32 Å². The lowest BCUT2D eigenvalue weighted by Crippen LogP contribution is -2.57. The first kappa shape index (κ1) is 17.4. The third-order valence-electron chi connectivity index (χ3n) is 4.12. The molecule has 118 valence electrons. The van der Waals surface area contributed by atoms with Gasteiger partial charge in [0.2, 0.25) is 0 Å². The fourth-order valence-corrected chi connectivity index (χ4v) is 2.73. The van der Waals surface area contributed by atoms with Crippen molar-refractivity contribution in [3.8, 4) is 0 Å². The van der Waals surface area contributed by atoms with E-state index in [4.69, 9.17) is 4.74 Å². The lowest BCUT2D eigenvalue weighted by Gasteiger charge is -2.30. The second-order valence-corrected chi connectivity index (χ2v) is 5.90. The summed E-state index contributed by atoms with van der Waals surface area (Å²) in [5.41, 5.74) is -0.850. The van der Waals surface area contributed by atoms with Crippen LogP contribution in [0.25, 0.3) is 0 Å². The maximum atomic E-state index is 11.6. The average molecular weight is 285 g/mol. The molecule has 1 atom stereocenters. The van der Waals surface area contributed by atoms with Crippen LogP contribution in [0.5, 0.6) is 0 Å². The van der Waals surface area contributed by atoms with Gasteiger partial charge >= 0.3 is 5.97 Å². The molecule has 0 radical (unpaired) electrons. The van der Waals surface area contributed by atoms with E-state index < -0.39 is 11.5 Å². The molecule has 0 aliphatic heterocycles. The van der Waals surface area contributed by atoms with Crippen molar-refractivity contribution in [3.63, 3.8) is 0 Å². The van der Waals surface area contributed by atoms with Crippen LogP contribution in [0.4, 0.5) is 0 Å². The first-order valence-electron chi connectivity index (χ1n) is 8.23. The summed E-state index contributed by atoms with van der Waals surface area (Å²) < 4.78 is 5.68. The zero-order chi connectivity index (χ0) is 14.8. The minimum atomic E-state index is -0.850. The highest BCUT2D eigenvalue weighted by molar-refractivity contribution is 5.80. The van der Waals surface area contributed by atoms with E-state index in [1.165, 1.54) is 32.1 Å². The molecule has 1 fully saturated rings. The summed E-state index contributed by atoms with van der Waals surface area (Å²) in [6, 6.07) is 0.